The van der Waals surface area contributed by atoms with E-state index >= 15 is 0 Å². The zero-order valence-corrected chi connectivity index (χ0v) is 20.9. The topological polar surface area (TPSA) is 46.8 Å². The molecule has 33 heavy (non-hydrogen) atoms. The monoisotopic (exact) mass is 449 g/mol. The number of para-hydroxylation sites is 2. The Hall–Kier alpha value is -2.90. The molecular formula is C26H34BN2O4-. The van der Waals surface area contributed by atoms with Crippen LogP contribution in [-0.2, 0) is 23.4 Å². The molecule has 2 aromatic carbocycles. The summed E-state index contributed by atoms with van der Waals surface area (Å²) in [5, 5.41) is 2.13. The van der Waals surface area contributed by atoms with E-state index in [4.69, 9.17) is 18.6 Å². The number of nitrogens with zero attached hydrogens (tertiary/aromatic N) is 2. The predicted octanol–water partition coefficient (Wildman–Crippen LogP) is 6.19. The molecule has 0 bridgehead atoms. The molecule has 4 aromatic rings. The summed E-state index contributed by atoms with van der Waals surface area (Å²) in [6.07, 6.45) is 0. The maximum Gasteiger partial charge on any atom is 0.655 e. The summed E-state index contributed by atoms with van der Waals surface area (Å²) in [5.41, 5.74) is 0.905. The number of hydrogen-bond donors (Lipinski definition) is 0. The Morgan fingerprint density at radius 3 is 1.30 bits per heavy atom. The van der Waals surface area contributed by atoms with Crippen molar-refractivity contribution in [1.82, 2.24) is 9.13 Å². The van der Waals surface area contributed by atoms with Crippen molar-refractivity contribution in [2.75, 3.05) is 0 Å². The smallest absolute Gasteiger partial charge is 0.622 e. The Kier molecular flexibility index (Phi) is 5.75. The lowest BCUT2D eigenvalue weighted by Gasteiger charge is -2.48. The molecule has 0 aliphatic rings. The molecule has 0 aliphatic carbocycles. The first kappa shape index (κ1) is 23.3. The third-order valence-electron chi connectivity index (χ3n) is 5.34. The largest absolute Gasteiger partial charge is 0.655 e. The summed E-state index contributed by atoms with van der Waals surface area (Å²) < 4.78 is 30.1. The Bertz CT molecular complexity index is 1180. The van der Waals surface area contributed by atoms with Gasteiger partial charge in [0.1, 0.15) is 0 Å². The molecule has 4 rings (SSSR count). The Morgan fingerprint density at radius 1 is 0.606 bits per heavy atom. The van der Waals surface area contributed by atoms with Crippen molar-refractivity contribution in [3.05, 3.63) is 60.7 Å². The van der Waals surface area contributed by atoms with Gasteiger partial charge in [-0.1, -0.05) is 36.4 Å². The second kappa shape index (κ2) is 8.15. The maximum absolute atomic E-state index is 6.57. The van der Waals surface area contributed by atoms with Crippen LogP contribution in [0.5, 0.6) is 11.8 Å². The van der Waals surface area contributed by atoms with Crippen LogP contribution in [0, 0.1) is 0 Å². The van der Waals surface area contributed by atoms with Crippen molar-refractivity contribution in [1.29, 1.82) is 0 Å². The second-order valence-electron chi connectivity index (χ2n) is 10.5. The molecule has 0 atom stereocenters. The molecule has 6 nitrogen and oxygen atoms in total. The second-order valence-corrected chi connectivity index (χ2v) is 10.5. The van der Waals surface area contributed by atoms with E-state index in [-0.39, 0.29) is 0 Å². The fourth-order valence-corrected chi connectivity index (χ4v) is 4.06. The van der Waals surface area contributed by atoms with Gasteiger partial charge in [0.2, 0.25) is 0 Å². The van der Waals surface area contributed by atoms with Crippen LogP contribution in [0.25, 0.3) is 21.8 Å². The third-order valence-corrected chi connectivity index (χ3v) is 5.34. The van der Waals surface area contributed by atoms with Gasteiger partial charge in [0.05, 0.1) is 11.0 Å². The highest BCUT2D eigenvalue weighted by atomic mass is 16.9. The van der Waals surface area contributed by atoms with E-state index in [0.29, 0.717) is 11.8 Å². The number of hydrogen-bond acceptors (Lipinski definition) is 4. The Balaban J connectivity index is 1.84. The van der Waals surface area contributed by atoms with Gasteiger partial charge in [-0.3, -0.25) is 0 Å². The normalized spacial score (nSPS) is 13.1. The lowest BCUT2D eigenvalue weighted by atomic mass is 9.97. The van der Waals surface area contributed by atoms with Gasteiger partial charge in [0.15, 0.2) is 11.8 Å². The maximum atomic E-state index is 6.57. The first-order chi connectivity index (χ1) is 15.4. The van der Waals surface area contributed by atoms with E-state index in [9.17, 15) is 0 Å². The molecule has 0 spiro atoms. The quantitative estimate of drug-likeness (QED) is 0.329. The molecule has 0 saturated carbocycles. The van der Waals surface area contributed by atoms with E-state index < -0.39 is 18.2 Å². The molecule has 7 heteroatoms. The molecule has 0 unspecified atom stereocenters. The zero-order valence-electron chi connectivity index (χ0n) is 20.9. The van der Waals surface area contributed by atoms with Crippen LogP contribution in [0.3, 0.4) is 0 Å². The van der Waals surface area contributed by atoms with Crippen molar-refractivity contribution in [2.45, 2.75) is 52.7 Å². The van der Waals surface area contributed by atoms with Crippen LogP contribution in [0.15, 0.2) is 60.7 Å². The molecule has 0 fully saturated rings. The minimum absolute atomic E-state index is 0.597. The van der Waals surface area contributed by atoms with E-state index in [0.717, 1.165) is 21.8 Å². The Labute approximate surface area is 196 Å². The average molecular weight is 449 g/mol. The lowest BCUT2D eigenvalue weighted by molar-refractivity contribution is -0.0643. The highest BCUT2D eigenvalue weighted by Gasteiger charge is 2.45. The fourth-order valence-electron chi connectivity index (χ4n) is 4.06. The highest BCUT2D eigenvalue weighted by Crippen LogP contribution is 2.34. The molecule has 0 radical (unpaired) electrons. The molecule has 0 N–H and O–H groups in total. The molecule has 2 heterocycles. The van der Waals surface area contributed by atoms with Crippen LogP contribution < -0.4 is 9.31 Å². The van der Waals surface area contributed by atoms with Crippen LogP contribution in [0.4, 0.5) is 0 Å². The molecule has 2 aromatic heterocycles. The van der Waals surface area contributed by atoms with Crippen LogP contribution >= 0.6 is 0 Å². The first-order valence-electron chi connectivity index (χ1n) is 11.4. The van der Waals surface area contributed by atoms with E-state index in [2.05, 4.69) is 24.3 Å². The van der Waals surface area contributed by atoms with E-state index in [1.165, 1.54) is 0 Å². The molecule has 0 amide bonds. The van der Waals surface area contributed by atoms with Gasteiger partial charge in [-0.25, -0.2) is 0 Å². The Morgan fingerprint density at radius 2 is 0.970 bits per heavy atom. The standard InChI is InChI=1S/C26H34BN2O4/c1-25(2,3)32-27(33-26(4,5)6,30-23-17-19-13-9-11-15-21(19)28(23)7)31-24-18-20-14-10-12-16-22(20)29(24)8/h9-18H,1-8H3/q-1. The minimum atomic E-state index is -2.71. The van der Waals surface area contributed by atoms with Gasteiger partial charge >= 0.3 is 6.96 Å². The van der Waals surface area contributed by atoms with Gasteiger partial charge in [-0.15, -0.1) is 0 Å². The minimum Gasteiger partial charge on any atom is -0.622 e. The summed E-state index contributed by atoms with van der Waals surface area (Å²) in [4.78, 5) is 0. The van der Waals surface area contributed by atoms with Gasteiger partial charge in [-0.2, -0.15) is 0 Å². The fraction of sp³-hybridized carbons (Fsp3) is 0.385. The van der Waals surface area contributed by atoms with Crippen molar-refractivity contribution < 1.29 is 18.6 Å². The summed E-state index contributed by atoms with van der Waals surface area (Å²) in [7, 11) is 3.92. The zero-order chi connectivity index (χ0) is 24.0. The van der Waals surface area contributed by atoms with Gasteiger partial charge < -0.3 is 27.8 Å². The summed E-state index contributed by atoms with van der Waals surface area (Å²) >= 11 is 0. The molecule has 0 saturated heterocycles. The van der Waals surface area contributed by atoms with Crippen molar-refractivity contribution in [2.24, 2.45) is 14.1 Å². The SMILES string of the molecule is Cn1c(O[B-](Oc2cc3ccccc3n2C)(OC(C)(C)C)OC(C)(C)C)cc2ccccc21. The lowest BCUT2D eigenvalue weighted by Crippen LogP contribution is -2.61. The molecule has 0 aliphatic heterocycles. The van der Waals surface area contributed by atoms with E-state index in [1.807, 2.05) is 101 Å². The summed E-state index contributed by atoms with van der Waals surface area (Å²) in [6.45, 7) is 9.07. The van der Waals surface area contributed by atoms with Gasteiger partial charge in [0.25, 0.3) is 0 Å². The number of fused-ring (bicyclic) bond motifs is 2. The number of aryl methyl sites for hydroxylation is 2. The van der Waals surface area contributed by atoms with Crippen molar-refractivity contribution in [3.8, 4) is 11.8 Å². The van der Waals surface area contributed by atoms with E-state index in [1.54, 1.807) is 0 Å². The van der Waals surface area contributed by atoms with Crippen molar-refractivity contribution in [3.63, 3.8) is 0 Å². The van der Waals surface area contributed by atoms with Gasteiger partial charge in [0, 0.05) is 48.2 Å². The molecule has 176 valence electrons. The van der Waals surface area contributed by atoms with Gasteiger partial charge in [-0.05, 0) is 53.7 Å². The van der Waals surface area contributed by atoms with Crippen LogP contribution in [-0.4, -0.2) is 27.3 Å². The van der Waals surface area contributed by atoms with Crippen LogP contribution in [0.1, 0.15) is 41.5 Å². The number of benzene rings is 2. The highest BCUT2D eigenvalue weighted by molar-refractivity contribution is 6.55. The molecular weight excluding hydrogens is 415 g/mol. The number of aromatic nitrogens is 2. The number of rotatable bonds is 6. The average Bonchev–Trinajstić information content (AvgIpc) is 3.16. The third kappa shape index (κ3) is 5.04. The first-order valence-corrected chi connectivity index (χ1v) is 11.4. The summed E-state index contributed by atoms with van der Waals surface area (Å²) in [6, 6.07) is 20.2. The van der Waals surface area contributed by atoms with Crippen LogP contribution in [0.2, 0.25) is 0 Å². The summed E-state index contributed by atoms with van der Waals surface area (Å²) in [5.74, 6) is 1.20. The predicted molar refractivity (Wildman–Crippen MR) is 135 cm³/mol. The van der Waals surface area contributed by atoms with Crippen molar-refractivity contribution >= 4 is 28.8 Å².